The molecule has 36 heavy (non-hydrogen) atoms. The van der Waals surface area contributed by atoms with Crippen LogP contribution in [0.2, 0.25) is 0 Å². The Morgan fingerprint density at radius 1 is 1.19 bits per heavy atom. The van der Waals surface area contributed by atoms with E-state index in [9.17, 15) is 14.9 Å². The molecule has 5 rings (SSSR count). The van der Waals surface area contributed by atoms with Crippen LogP contribution in [0.25, 0.3) is 11.3 Å². The number of hydrogen-bond donors (Lipinski definition) is 2. The molecule has 0 radical (unpaired) electrons. The molecule has 0 fully saturated rings. The van der Waals surface area contributed by atoms with Crippen LogP contribution in [0, 0.1) is 11.3 Å². The van der Waals surface area contributed by atoms with Gasteiger partial charge in [-0.15, -0.1) is 5.10 Å². The van der Waals surface area contributed by atoms with Crippen molar-refractivity contribution in [2.24, 2.45) is 5.73 Å². The van der Waals surface area contributed by atoms with E-state index >= 15 is 0 Å². The predicted molar refractivity (Wildman–Crippen MR) is 126 cm³/mol. The van der Waals surface area contributed by atoms with Gasteiger partial charge in [-0.25, -0.2) is 0 Å². The highest BCUT2D eigenvalue weighted by atomic mass is 16.5. The van der Waals surface area contributed by atoms with Crippen LogP contribution in [0.3, 0.4) is 0 Å². The second-order valence-corrected chi connectivity index (χ2v) is 8.04. The van der Waals surface area contributed by atoms with Crippen LogP contribution in [0.1, 0.15) is 11.1 Å². The molecule has 2 aromatic carbocycles. The summed E-state index contributed by atoms with van der Waals surface area (Å²) in [5.74, 6) is -0.427. The topological polar surface area (TPSA) is 153 Å². The fourth-order valence-corrected chi connectivity index (χ4v) is 4.84. The van der Waals surface area contributed by atoms with Gasteiger partial charge in [0.15, 0.2) is 11.5 Å². The van der Waals surface area contributed by atoms with Gasteiger partial charge in [0.25, 0.3) is 0 Å². The van der Waals surface area contributed by atoms with Gasteiger partial charge in [-0.1, -0.05) is 18.2 Å². The number of amides is 1. The van der Waals surface area contributed by atoms with Crippen molar-refractivity contribution < 1.29 is 28.5 Å². The van der Waals surface area contributed by atoms with E-state index < -0.39 is 17.3 Å². The third kappa shape index (κ3) is 2.94. The van der Waals surface area contributed by atoms with Crippen molar-refractivity contribution in [2.75, 3.05) is 32.8 Å². The molecule has 3 heterocycles. The number of nitrogens with two attached hydrogens (primary N) is 1. The highest BCUT2D eigenvalue weighted by Crippen LogP contribution is 2.57. The van der Waals surface area contributed by atoms with Crippen molar-refractivity contribution in [1.82, 2.24) is 10.2 Å². The standard InChI is InChI=1S/C25H21N5O6/c1-33-17-9-8-13(10-18(17)34-2)21-20-23(29-28-21)36-22(27)15(11-26)25(20)14-6-4-5-7-16(14)30(24(25)32)12-19(31)35-3/h4-10H,12,27H2,1-3H3,(H,28,29)/t25-/m1/s1. The van der Waals surface area contributed by atoms with E-state index in [1.54, 1.807) is 42.5 Å². The first-order valence-corrected chi connectivity index (χ1v) is 10.8. The number of aromatic nitrogens is 2. The number of carbonyl (C=O) groups is 2. The van der Waals surface area contributed by atoms with Crippen molar-refractivity contribution in [3.63, 3.8) is 0 Å². The van der Waals surface area contributed by atoms with E-state index in [1.165, 1.54) is 26.2 Å². The zero-order valence-electron chi connectivity index (χ0n) is 19.6. The fourth-order valence-electron chi connectivity index (χ4n) is 4.84. The van der Waals surface area contributed by atoms with Gasteiger partial charge in [-0.3, -0.25) is 19.6 Å². The molecule has 0 saturated carbocycles. The summed E-state index contributed by atoms with van der Waals surface area (Å²) in [5, 5.41) is 17.4. The van der Waals surface area contributed by atoms with Gasteiger partial charge in [0.05, 0.1) is 32.6 Å². The van der Waals surface area contributed by atoms with E-state index in [2.05, 4.69) is 16.3 Å². The van der Waals surface area contributed by atoms with Crippen molar-refractivity contribution >= 4 is 17.6 Å². The van der Waals surface area contributed by atoms with Gasteiger partial charge in [0.1, 0.15) is 23.6 Å². The van der Waals surface area contributed by atoms with E-state index in [4.69, 9.17) is 24.7 Å². The summed E-state index contributed by atoms with van der Waals surface area (Å²) in [6.07, 6.45) is 0. The molecule has 1 amide bonds. The smallest absolute Gasteiger partial charge is 0.325 e. The molecule has 0 unspecified atom stereocenters. The number of para-hydroxylation sites is 1. The number of H-pyrrole nitrogens is 1. The van der Waals surface area contributed by atoms with E-state index in [-0.39, 0.29) is 23.9 Å². The molecule has 0 aliphatic carbocycles. The van der Waals surface area contributed by atoms with Crippen LogP contribution in [0.4, 0.5) is 5.69 Å². The number of nitrogens with zero attached hydrogens (tertiary/aromatic N) is 3. The van der Waals surface area contributed by atoms with Crippen LogP contribution in [-0.2, 0) is 19.7 Å². The Morgan fingerprint density at radius 3 is 2.64 bits per heavy atom. The van der Waals surface area contributed by atoms with E-state index in [0.717, 1.165) is 0 Å². The number of nitrogens with one attached hydrogen (secondary N) is 1. The number of fused-ring (bicyclic) bond motifs is 4. The lowest BCUT2D eigenvalue weighted by Crippen LogP contribution is -2.47. The highest BCUT2D eigenvalue weighted by Gasteiger charge is 2.61. The van der Waals surface area contributed by atoms with Crippen molar-refractivity contribution in [3.8, 4) is 34.7 Å². The number of benzene rings is 2. The average Bonchev–Trinajstić information content (AvgIpc) is 3.42. The molecule has 1 atom stereocenters. The van der Waals surface area contributed by atoms with Gasteiger partial charge in [-0.2, -0.15) is 5.26 Å². The Labute approximate surface area is 205 Å². The lowest BCUT2D eigenvalue weighted by molar-refractivity contribution is -0.140. The molecule has 3 N–H and O–H groups in total. The molecule has 1 aromatic heterocycles. The van der Waals surface area contributed by atoms with Crippen LogP contribution in [-0.4, -0.2) is 49.9 Å². The number of hydrogen-bond acceptors (Lipinski definition) is 9. The van der Waals surface area contributed by atoms with Gasteiger partial charge in [0.2, 0.25) is 17.7 Å². The molecule has 2 aliphatic rings. The number of carbonyl (C=O) groups excluding carboxylic acids is 2. The van der Waals surface area contributed by atoms with Gasteiger partial charge >= 0.3 is 5.97 Å². The first-order valence-electron chi connectivity index (χ1n) is 10.8. The Morgan fingerprint density at radius 2 is 1.94 bits per heavy atom. The van der Waals surface area contributed by atoms with E-state index in [1.807, 2.05) is 0 Å². The van der Waals surface area contributed by atoms with Crippen LogP contribution in [0.5, 0.6) is 17.4 Å². The maximum absolute atomic E-state index is 14.3. The second-order valence-electron chi connectivity index (χ2n) is 8.04. The minimum Gasteiger partial charge on any atom is -0.493 e. The predicted octanol–water partition coefficient (Wildman–Crippen LogP) is 1.99. The number of anilines is 1. The Balaban J connectivity index is 1.83. The summed E-state index contributed by atoms with van der Waals surface area (Å²) in [5.41, 5.74) is 6.55. The number of esters is 1. The van der Waals surface area contributed by atoms with Crippen molar-refractivity contribution in [3.05, 3.63) is 65.0 Å². The molecule has 2 aliphatic heterocycles. The molecular formula is C25H21N5O6. The first kappa shape index (κ1) is 22.8. The van der Waals surface area contributed by atoms with Crippen LogP contribution in [0.15, 0.2) is 53.9 Å². The monoisotopic (exact) mass is 487 g/mol. The quantitative estimate of drug-likeness (QED) is 0.514. The maximum atomic E-state index is 14.3. The average molecular weight is 487 g/mol. The third-order valence-corrected chi connectivity index (χ3v) is 6.40. The summed E-state index contributed by atoms with van der Waals surface area (Å²) in [6.45, 7) is -0.355. The number of rotatable bonds is 5. The van der Waals surface area contributed by atoms with Crippen molar-refractivity contribution in [1.29, 1.82) is 5.26 Å². The number of ether oxygens (including phenoxy) is 4. The largest absolute Gasteiger partial charge is 0.493 e. The number of aromatic amines is 1. The molecule has 1 spiro atoms. The summed E-state index contributed by atoms with van der Waals surface area (Å²) < 4.78 is 21.3. The lowest BCUT2D eigenvalue weighted by Gasteiger charge is -2.32. The molecular weight excluding hydrogens is 466 g/mol. The molecule has 3 aromatic rings. The molecule has 182 valence electrons. The van der Waals surface area contributed by atoms with Crippen LogP contribution >= 0.6 is 0 Å². The summed E-state index contributed by atoms with van der Waals surface area (Å²) in [6, 6.07) is 14.1. The molecule has 0 bridgehead atoms. The normalized spacial score (nSPS) is 17.8. The number of nitriles is 1. The third-order valence-electron chi connectivity index (χ3n) is 6.40. The maximum Gasteiger partial charge on any atom is 0.325 e. The highest BCUT2D eigenvalue weighted by molar-refractivity contribution is 6.16. The first-order chi connectivity index (χ1) is 17.4. The summed E-state index contributed by atoms with van der Waals surface area (Å²) >= 11 is 0. The van der Waals surface area contributed by atoms with Crippen LogP contribution < -0.4 is 24.8 Å². The van der Waals surface area contributed by atoms with Crippen molar-refractivity contribution in [2.45, 2.75) is 5.41 Å². The zero-order valence-corrected chi connectivity index (χ0v) is 19.6. The minimum atomic E-state index is -1.72. The molecule has 11 heteroatoms. The Hall–Kier alpha value is -4.98. The SMILES string of the molecule is COC(=O)CN1C(=O)[C@@]2(C(C#N)=C(N)Oc3n[nH]c(-c4ccc(OC)c(OC)c4)c32)c2ccccc21. The zero-order chi connectivity index (χ0) is 25.6. The van der Waals surface area contributed by atoms with Gasteiger partial charge in [0, 0.05) is 16.8 Å². The molecule has 0 saturated heterocycles. The summed E-state index contributed by atoms with van der Waals surface area (Å²) in [7, 11) is 4.27. The minimum absolute atomic E-state index is 0.0411. The van der Waals surface area contributed by atoms with Gasteiger partial charge < -0.3 is 24.7 Å². The van der Waals surface area contributed by atoms with E-state index in [0.29, 0.717) is 39.6 Å². The second kappa shape index (κ2) is 8.35. The number of methoxy groups -OCH3 is 3. The fraction of sp³-hybridized carbons (Fsp3) is 0.200. The Bertz CT molecular complexity index is 1490. The Kier molecular flexibility index (Phi) is 5.29. The van der Waals surface area contributed by atoms with Gasteiger partial charge in [-0.05, 0) is 24.3 Å². The molecule has 11 nitrogen and oxygen atoms in total. The lowest BCUT2D eigenvalue weighted by atomic mass is 9.68. The summed E-state index contributed by atoms with van der Waals surface area (Å²) in [4.78, 5) is 27.8.